The van der Waals surface area contributed by atoms with Crippen molar-refractivity contribution in [3.63, 3.8) is 0 Å². The third kappa shape index (κ3) is 2.77. The summed E-state index contributed by atoms with van der Waals surface area (Å²) in [5.41, 5.74) is 0. The molecule has 1 aromatic heterocycles. The van der Waals surface area contributed by atoms with Gasteiger partial charge in [0.25, 0.3) is 10.0 Å². The van der Waals surface area contributed by atoms with Crippen LogP contribution in [0.25, 0.3) is 0 Å². The molecule has 0 aliphatic rings. The largest absolute Gasteiger partial charge is 0.274 e. The molecule has 0 saturated carbocycles. The van der Waals surface area contributed by atoms with Crippen molar-refractivity contribution in [2.24, 2.45) is 7.05 Å². The molecule has 0 radical (unpaired) electrons. The molecule has 0 bridgehead atoms. The van der Waals surface area contributed by atoms with Gasteiger partial charge >= 0.3 is 0 Å². The summed E-state index contributed by atoms with van der Waals surface area (Å²) in [5, 5.41) is 4.36. The Morgan fingerprint density at radius 1 is 1.28 bits per heavy atom. The van der Waals surface area contributed by atoms with E-state index < -0.39 is 10.0 Å². The molecule has 0 aliphatic carbocycles. The number of aromatic nitrogens is 2. The normalized spacial score (nSPS) is 11.5. The van der Waals surface area contributed by atoms with Gasteiger partial charge in [0.05, 0.1) is 5.02 Å². The molecule has 0 aliphatic heterocycles. The Morgan fingerprint density at radius 3 is 2.56 bits per heavy atom. The van der Waals surface area contributed by atoms with Gasteiger partial charge in [0.2, 0.25) is 0 Å². The lowest BCUT2D eigenvalue weighted by molar-refractivity contribution is 0.601. The first-order chi connectivity index (χ1) is 8.38. The molecule has 5 nitrogen and oxygen atoms in total. The maximum atomic E-state index is 12.1. The zero-order valence-corrected chi connectivity index (χ0v) is 11.6. The van der Waals surface area contributed by atoms with Crippen LogP contribution in [0.15, 0.2) is 35.4 Å². The number of nitrogens with one attached hydrogen (secondary N) is 1. The van der Waals surface area contributed by atoms with Crippen molar-refractivity contribution in [2.45, 2.75) is 4.90 Å². The lowest BCUT2D eigenvalue weighted by Crippen LogP contribution is -2.14. The minimum Gasteiger partial charge on any atom is -0.274 e. The Morgan fingerprint density at radius 2 is 2.00 bits per heavy atom. The van der Waals surface area contributed by atoms with Gasteiger partial charge in [0, 0.05) is 24.3 Å². The summed E-state index contributed by atoms with van der Waals surface area (Å²) in [7, 11) is -2.08. The smallest absolute Gasteiger partial charge is 0.264 e. The van der Waals surface area contributed by atoms with Gasteiger partial charge in [-0.2, -0.15) is 5.10 Å². The van der Waals surface area contributed by atoms with E-state index in [-0.39, 0.29) is 15.7 Å². The van der Waals surface area contributed by atoms with Gasteiger partial charge in [0.1, 0.15) is 4.90 Å². The van der Waals surface area contributed by atoms with E-state index in [1.54, 1.807) is 19.3 Å². The first-order valence-corrected chi connectivity index (χ1v) is 7.10. The molecule has 96 valence electrons. The fourth-order valence-corrected chi connectivity index (χ4v) is 3.13. The summed E-state index contributed by atoms with van der Waals surface area (Å²) in [6.07, 6.45) is 1.63. The van der Waals surface area contributed by atoms with Crippen LogP contribution in [-0.2, 0) is 17.1 Å². The summed E-state index contributed by atoms with van der Waals surface area (Å²) in [6, 6.07) is 5.72. The second-order valence-electron chi connectivity index (χ2n) is 3.55. The van der Waals surface area contributed by atoms with Crippen LogP contribution in [0, 0.1) is 0 Å². The first kappa shape index (κ1) is 13.2. The van der Waals surface area contributed by atoms with Crippen molar-refractivity contribution >= 4 is 39.0 Å². The molecule has 2 aromatic rings. The summed E-state index contributed by atoms with van der Waals surface area (Å²) < 4.78 is 27.9. The highest BCUT2D eigenvalue weighted by Gasteiger charge is 2.19. The van der Waals surface area contributed by atoms with E-state index in [2.05, 4.69) is 9.82 Å². The minimum atomic E-state index is -3.76. The van der Waals surface area contributed by atoms with E-state index in [4.69, 9.17) is 23.2 Å². The van der Waals surface area contributed by atoms with E-state index in [0.29, 0.717) is 5.02 Å². The second kappa shape index (κ2) is 4.79. The minimum absolute atomic E-state index is 0.0424. The quantitative estimate of drug-likeness (QED) is 0.947. The molecule has 0 spiro atoms. The molecule has 1 N–H and O–H groups in total. The molecule has 0 fully saturated rings. The van der Waals surface area contributed by atoms with Crippen molar-refractivity contribution in [3.8, 4) is 0 Å². The van der Waals surface area contributed by atoms with Gasteiger partial charge in [-0.05, 0) is 18.2 Å². The Balaban J connectivity index is 2.36. The van der Waals surface area contributed by atoms with Crippen LogP contribution >= 0.6 is 23.2 Å². The van der Waals surface area contributed by atoms with Crippen molar-refractivity contribution in [2.75, 3.05) is 4.72 Å². The number of anilines is 1. The number of hydrogen-bond acceptors (Lipinski definition) is 3. The molecule has 0 atom stereocenters. The highest BCUT2D eigenvalue weighted by molar-refractivity contribution is 7.92. The SMILES string of the molecule is Cn1ccc(NS(=O)(=O)c2ccc(Cl)cc2Cl)n1. The number of benzene rings is 1. The first-order valence-electron chi connectivity index (χ1n) is 4.86. The lowest BCUT2D eigenvalue weighted by atomic mass is 10.4. The van der Waals surface area contributed by atoms with E-state index in [0.717, 1.165) is 0 Å². The van der Waals surface area contributed by atoms with Crippen molar-refractivity contribution in [3.05, 3.63) is 40.5 Å². The number of halogens is 2. The highest BCUT2D eigenvalue weighted by Crippen LogP contribution is 2.26. The van der Waals surface area contributed by atoms with Crippen LogP contribution in [0.1, 0.15) is 0 Å². The molecule has 1 aromatic carbocycles. The zero-order chi connectivity index (χ0) is 13.3. The van der Waals surface area contributed by atoms with E-state index in [9.17, 15) is 8.42 Å². The predicted octanol–water partition coefficient (Wildman–Crippen LogP) is 2.53. The van der Waals surface area contributed by atoms with Crippen molar-refractivity contribution in [1.82, 2.24) is 9.78 Å². The predicted molar refractivity (Wildman–Crippen MR) is 70.5 cm³/mol. The molecule has 18 heavy (non-hydrogen) atoms. The van der Waals surface area contributed by atoms with Crippen LogP contribution in [0.2, 0.25) is 10.0 Å². The van der Waals surface area contributed by atoms with E-state index in [1.165, 1.54) is 22.9 Å². The molecule has 0 saturated heterocycles. The Bertz CT molecular complexity index is 682. The van der Waals surface area contributed by atoms with Gasteiger partial charge in [-0.15, -0.1) is 0 Å². The van der Waals surface area contributed by atoms with Gasteiger partial charge in [-0.1, -0.05) is 23.2 Å². The Labute approximate surface area is 114 Å². The lowest BCUT2D eigenvalue weighted by Gasteiger charge is -2.07. The molecule has 0 amide bonds. The van der Waals surface area contributed by atoms with Crippen LogP contribution in [-0.4, -0.2) is 18.2 Å². The monoisotopic (exact) mass is 305 g/mol. The van der Waals surface area contributed by atoms with Gasteiger partial charge < -0.3 is 0 Å². The average Bonchev–Trinajstić information content (AvgIpc) is 2.62. The fraction of sp³-hybridized carbons (Fsp3) is 0.100. The zero-order valence-electron chi connectivity index (χ0n) is 9.26. The van der Waals surface area contributed by atoms with Crippen molar-refractivity contribution < 1.29 is 8.42 Å². The standard InChI is InChI=1S/C10H9Cl2N3O2S/c1-15-5-4-10(13-15)14-18(16,17)9-3-2-7(11)6-8(9)12/h2-6H,1H3,(H,13,14). The Hall–Kier alpha value is -1.24. The maximum Gasteiger partial charge on any atom is 0.264 e. The summed E-state index contributed by atoms with van der Waals surface area (Å²) >= 11 is 11.6. The number of rotatable bonds is 3. The topological polar surface area (TPSA) is 64.0 Å². The van der Waals surface area contributed by atoms with Crippen LogP contribution in [0.5, 0.6) is 0 Å². The molecule has 0 unspecified atom stereocenters. The van der Waals surface area contributed by atoms with Gasteiger partial charge in [0.15, 0.2) is 5.82 Å². The summed E-state index contributed by atoms with van der Waals surface area (Å²) in [4.78, 5) is -0.0424. The van der Waals surface area contributed by atoms with Gasteiger partial charge in [-0.3, -0.25) is 9.40 Å². The molecular weight excluding hydrogens is 297 g/mol. The number of nitrogens with zero attached hydrogens (tertiary/aromatic N) is 2. The Kier molecular flexibility index (Phi) is 3.52. The van der Waals surface area contributed by atoms with E-state index in [1.807, 2.05) is 0 Å². The summed E-state index contributed by atoms with van der Waals surface area (Å²) in [5.74, 6) is 0.225. The third-order valence-electron chi connectivity index (χ3n) is 2.14. The number of hydrogen-bond donors (Lipinski definition) is 1. The summed E-state index contributed by atoms with van der Waals surface area (Å²) in [6.45, 7) is 0. The molecule has 1 heterocycles. The number of aryl methyl sites for hydroxylation is 1. The number of sulfonamides is 1. The van der Waals surface area contributed by atoms with Crippen LogP contribution in [0.3, 0.4) is 0 Å². The van der Waals surface area contributed by atoms with Gasteiger partial charge in [-0.25, -0.2) is 8.42 Å². The average molecular weight is 306 g/mol. The van der Waals surface area contributed by atoms with E-state index >= 15 is 0 Å². The molecule has 8 heteroatoms. The fourth-order valence-electron chi connectivity index (χ4n) is 1.36. The van der Waals surface area contributed by atoms with Crippen LogP contribution in [0.4, 0.5) is 5.82 Å². The molecule has 2 rings (SSSR count). The second-order valence-corrected chi connectivity index (χ2v) is 6.05. The maximum absolute atomic E-state index is 12.1. The van der Waals surface area contributed by atoms with Crippen molar-refractivity contribution in [1.29, 1.82) is 0 Å². The third-order valence-corrected chi connectivity index (χ3v) is 4.21. The highest BCUT2D eigenvalue weighted by atomic mass is 35.5. The van der Waals surface area contributed by atoms with Crippen LogP contribution < -0.4 is 4.72 Å². The molecular formula is C10H9Cl2N3O2S.